The van der Waals surface area contributed by atoms with Crippen LogP contribution in [0.25, 0.3) is 5.76 Å². The van der Waals surface area contributed by atoms with Crippen LogP contribution in [0, 0.1) is 0 Å². The number of morpholine rings is 1. The first-order chi connectivity index (χ1) is 17.8. The number of aliphatic hydroxyl groups excluding tert-OH is 1. The van der Waals surface area contributed by atoms with E-state index in [2.05, 4.69) is 4.90 Å². The molecule has 0 bridgehead atoms. The average molecular weight is 531 g/mol. The summed E-state index contributed by atoms with van der Waals surface area (Å²) in [6.45, 7) is 6.27. The third kappa shape index (κ3) is 5.69. The number of Topliss-reactive ketones (excluding diaryl/α,β-unsaturated/α-hetero) is 1. The molecular weight excluding hydrogens is 500 g/mol. The molecule has 2 heterocycles. The van der Waals surface area contributed by atoms with E-state index < -0.39 is 23.5 Å². The number of nitrogens with zero attached hydrogens (tertiary/aromatic N) is 2. The summed E-state index contributed by atoms with van der Waals surface area (Å²) in [4.78, 5) is 30.3. The van der Waals surface area contributed by atoms with Gasteiger partial charge in [0.15, 0.2) is 11.5 Å². The molecule has 4 rings (SSSR count). The van der Waals surface area contributed by atoms with E-state index in [4.69, 9.17) is 25.8 Å². The second kappa shape index (κ2) is 11.9. The summed E-state index contributed by atoms with van der Waals surface area (Å²) in [6, 6.07) is 8.40. The van der Waals surface area contributed by atoms with Crippen molar-refractivity contribution in [2.45, 2.75) is 19.4 Å². The molecule has 2 aliphatic rings. The van der Waals surface area contributed by atoms with Crippen LogP contribution in [0.15, 0.2) is 42.0 Å². The number of benzene rings is 2. The second-order valence-electron chi connectivity index (χ2n) is 8.80. The fraction of sp³-hybridized carbons (Fsp3) is 0.407. The molecule has 0 spiro atoms. The molecule has 0 saturated carbocycles. The van der Waals surface area contributed by atoms with Crippen LogP contribution in [-0.2, 0) is 14.3 Å². The summed E-state index contributed by atoms with van der Waals surface area (Å²) in [5, 5.41) is 21.9. The van der Waals surface area contributed by atoms with Gasteiger partial charge in [-0.05, 0) is 49.2 Å². The summed E-state index contributed by atoms with van der Waals surface area (Å²) in [5.41, 5.74) is 0.413. The van der Waals surface area contributed by atoms with Gasteiger partial charge in [0, 0.05) is 31.2 Å². The zero-order chi connectivity index (χ0) is 26.5. The molecule has 0 radical (unpaired) electrons. The predicted molar refractivity (Wildman–Crippen MR) is 138 cm³/mol. The quantitative estimate of drug-likeness (QED) is 0.287. The van der Waals surface area contributed by atoms with Gasteiger partial charge >= 0.3 is 0 Å². The summed E-state index contributed by atoms with van der Waals surface area (Å²) < 4.78 is 16.5. The molecule has 2 N–H and O–H groups in total. The van der Waals surface area contributed by atoms with Crippen LogP contribution in [-0.4, -0.2) is 84.8 Å². The van der Waals surface area contributed by atoms with Crippen molar-refractivity contribution in [3.8, 4) is 17.2 Å². The molecule has 2 aliphatic heterocycles. The van der Waals surface area contributed by atoms with Crippen molar-refractivity contribution in [1.82, 2.24) is 9.80 Å². The molecule has 2 fully saturated rings. The normalized spacial score (nSPS) is 19.9. The number of aromatic hydroxyl groups is 1. The number of phenolic OH excluding ortho intramolecular Hbond substituents is 1. The molecular formula is C27H31ClN2O7. The van der Waals surface area contributed by atoms with E-state index in [0.717, 1.165) is 19.6 Å². The van der Waals surface area contributed by atoms with Crippen LogP contribution < -0.4 is 9.47 Å². The maximum atomic E-state index is 13.3. The average Bonchev–Trinajstić information content (AvgIpc) is 3.15. The number of halogens is 1. The second-order valence-corrected chi connectivity index (χ2v) is 9.24. The van der Waals surface area contributed by atoms with Gasteiger partial charge in [-0.1, -0.05) is 17.7 Å². The molecule has 0 aromatic heterocycles. The minimum Gasteiger partial charge on any atom is -0.507 e. The number of methoxy groups -OCH3 is 1. The van der Waals surface area contributed by atoms with Crippen molar-refractivity contribution >= 4 is 29.1 Å². The van der Waals surface area contributed by atoms with Gasteiger partial charge in [0.25, 0.3) is 11.7 Å². The molecule has 2 aromatic rings. The Bertz CT molecular complexity index is 1190. The predicted octanol–water partition coefficient (Wildman–Crippen LogP) is 3.60. The third-order valence-electron chi connectivity index (χ3n) is 6.53. The van der Waals surface area contributed by atoms with Crippen molar-refractivity contribution < 1.29 is 34.0 Å². The highest BCUT2D eigenvalue weighted by atomic mass is 35.5. The van der Waals surface area contributed by atoms with Crippen molar-refractivity contribution in [3.63, 3.8) is 0 Å². The van der Waals surface area contributed by atoms with Crippen LogP contribution in [0.1, 0.15) is 30.5 Å². The fourth-order valence-corrected chi connectivity index (χ4v) is 4.89. The Morgan fingerprint density at radius 1 is 1.11 bits per heavy atom. The number of carbonyl (C=O) groups excluding carboxylic acids is 2. The summed E-state index contributed by atoms with van der Waals surface area (Å²) in [5.74, 6) is -1.35. The first-order valence-electron chi connectivity index (χ1n) is 12.2. The highest BCUT2D eigenvalue weighted by Crippen LogP contribution is 2.43. The van der Waals surface area contributed by atoms with Gasteiger partial charge in [-0.25, -0.2) is 0 Å². The van der Waals surface area contributed by atoms with Gasteiger partial charge < -0.3 is 29.3 Å². The number of likely N-dealkylation sites (tertiary alicyclic amines) is 1. The lowest BCUT2D eigenvalue weighted by Gasteiger charge is -2.29. The molecule has 2 saturated heterocycles. The Kier molecular flexibility index (Phi) is 8.58. The Morgan fingerprint density at radius 3 is 2.57 bits per heavy atom. The number of amides is 1. The molecule has 0 aliphatic carbocycles. The smallest absolute Gasteiger partial charge is 0.295 e. The number of rotatable bonds is 9. The molecule has 37 heavy (non-hydrogen) atoms. The van der Waals surface area contributed by atoms with Gasteiger partial charge in [0.1, 0.15) is 11.5 Å². The summed E-state index contributed by atoms with van der Waals surface area (Å²) in [6.07, 6.45) is 0.625. The zero-order valence-corrected chi connectivity index (χ0v) is 21.7. The highest BCUT2D eigenvalue weighted by Gasteiger charge is 2.46. The first-order valence-corrected chi connectivity index (χ1v) is 12.6. The van der Waals surface area contributed by atoms with Crippen LogP contribution >= 0.6 is 11.6 Å². The van der Waals surface area contributed by atoms with E-state index >= 15 is 0 Å². The highest BCUT2D eigenvalue weighted by molar-refractivity contribution is 6.46. The van der Waals surface area contributed by atoms with Crippen molar-refractivity contribution in [3.05, 3.63) is 58.1 Å². The topological polar surface area (TPSA) is 109 Å². The van der Waals surface area contributed by atoms with Crippen LogP contribution in [0.5, 0.6) is 17.2 Å². The minimum absolute atomic E-state index is 0.0262. The Morgan fingerprint density at radius 2 is 1.86 bits per heavy atom. The van der Waals surface area contributed by atoms with E-state index in [1.165, 1.54) is 30.2 Å². The Labute approximate surface area is 220 Å². The number of ether oxygens (including phenoxy) is 3. The largest absolute Gasteiger partial charge is 0.507 e. The molecule has 1 amide bonds. The molecule has 198 valence electrons. The SMILES string of the molecule is CCOc1ccc(C2/C(=C(\O)c3cc(Cl)ccc3O)C(=O)C(=O)N2CCCN2CCOCC2)cc1OC. The first kappa shape index (κ1) is 26.8. The lowest BCUT2D eigenvalue weighted by molar-refractivity contribution is -0.140. The van der Waals surface area contributed by atoms with Gasteiger partial charge in [0.05, 0.1) is 44.1 Å². The van der Waals surface area contributed by atoms with Crippen molar-refractivity contribution in [1.29, 1.82) is 0 Å². The van der Waals surface area contributed by atoms with E-state index in [-0.39, 0.29) is 21.9 Å². The zero-order valence-electron chi connectivity index (χ0n) is 20.9. The Balaban J connectivity index is 1.75. The molecule has 1 atom stereocenters. The van der Waals surface area contributed by atoms with Gasteiger partial charge in [-0.15, -0.1) is 0 Å². The standard InChI is InChI=1S/C27H31ClN2O7/c1-3-37-21-8-5-17(15-22(21)35-2)24-23(25(32)19-16-18(28)6-7-20(19)31)26(33)27(34)30(24)10-4-9-29-11-13-36-14-12-29/h5-8,15-16,24,31-32H,3-4,9-14H2,1-2H3/b25-23+. The van der Waals surface area contributed by atoms with Crippen LogP contribution in [0.3, 0.4) is 0 Å². The number of aliphatic hydroxyl groups is 1. The van der Waals surface area contributed by atoms with E-state index in [1.807, 2.05) is 6.92 Å². The van der Waals surface area contributed by atoms with E-state index in [1.54, 1.807) is 18.2 Å². The monoisotopic (exact) mass is 530 g/mol. The van der Waals surface area contributed by atoms with E-state index in [9.17, 15) is 19.8 Å². The maximum absolute atomic E-state index is 13.3. The lowest BCUT2D eigenvalue weighted by Crippen LogP contribution is -2.39. The molecule has 10 heteroatoms. The number of hydrogen-bond acceptors (Lipinski definition) is 8. The van der Waals surface area contributed by atoms with Gasteiger partial charge in [-0.2, -0.15) is 0 Å². The Hall–Kier alpha value is -3.27. The molecule has 1 unspecified atom stereocenters. The maximum Gasteiger partial charge on any atom is 0.295 e. The number of carbonyl (C=O) groups is 2. The minimum atomic E-state index is -0.896. The number of ketones is 1. The number of phenols is 1. The number of hydrogen-bond donors (Lipinski definition) is 2. The molecule has 2 aromatic carbocycles. The van der Waals surface area contributed by atoms with E-state index in [0.29, 0.717) is 49.8 Å². The van der Waals surface area contributed by atoms with Gasteiger partial charge in [-0.3, -0.25) is 14.5 Å². The van der Waals surface area contributed by atoms with Crippen LogP contribution in [0.4, 0.5) is 0 Å². The fourth-order valence-electron chi connectivity index (χ4n) is 4.72. The lowest BCUT2D eigenvalue weighted by atomic mass is 9.94. The third-order valence-corrected chi connectivity index (χ3v) is 6.77. The molecule has 9 nitrogen and oxygen atoms in total. The summed E-state index contributed by atoms with van der Waals surface area (Å²) in [7, 11) is 1.50. The van der Waals surface area contributed by atoms with Gasteiger partial charge in [0.2, 0.25) is 0 Å². The van der Waals surface area contributed by atoms with Crippen LogP contribution in [0.2, 0.25) is 5.02 Å². The van der Waals surface area contributed by atoms with Crippen molar-refractivity contribution in [2.75, 3.05) is 53.1 Å². The summed E-state index contributed by atoms with van der Waals surface area (Å²) >= 11 is 6.09. The van der Waals surface area contributed by atoms with Crippen molar-refractivity contribution in [2.24, 2.45) is 0 Å².